The summed E-state index contributed by atoms with van der Waals surface area (Å²) in [5.74, 6) is 0.222. The Bertz CT molecular complexity index is 879. The Balaban J connectivity index is 1.61. The van der Waals surface area contributed by atoms with Gasteiger partial charge < -0.3 is 15.2 Å². The summed E-state index contributed by atoms with van der Waals surface area (Å²) in [7, 11) is 0. The molecule has 3 rings (SSSR count). The minimum Gasteiger partial charge on any atom is -0.427 e. The molecule has 2 unspecified atom stereocenters. The number of ether oxygens (including phenoxy) is 1. The second-order valence-corrected chi connectivity index (χ2v) is 8.24. The van der Waals surface area contributed by atoms with Crippen LogP contribution in [0.25, 0.3) is 5.57 Å². The van der Waals surface area contributed by atoms with Gasteiger partial charge in [0.15, 0.2) is 0 Å². The molecule has 0 amide bonds. The average Bonchev–Trinajstić information content (AvgIpc) is 3.45. The predicted octanol–water partition coefficient (Wildman–Crippen LogP) is 5.27. The molecule has 0 saturated carbocycles. The normalized spacial score (nSPS) is 12.9. The van der Waals surface area contributed by atoms with Crippen LogP contribution in [0.5, 0.6) is 5.75 Å². The van der Waals surface area contributed by atoms with Crippen LogP contribution in [-0.4, -0.2) is 23.7 Å². The molecule has 0 aliphatic rings. The van der Waals surface area contributed by atoms with Gasteiger partial charge in [0.25, 0.3) is 0 Å². The van der Waals surface area contributed by atoms with Gasteiger partial charge in [-0.3, -0.25) is 4.79 Å². The van der Waals surface area contributed by atoms with Gasteiger partial charge in [0.1, 0.15) is 5.75 Å². The van der Waals surface area contributed by atoms with Gasteiger partial charge in [-0.25, -0.2) is 0 Å². The number of carbonyl (C=O) groups is 1. The molecule has 152 valence electrons. The fourth-order valence-electron chi connectivity index (χ4n) is 2.92. The standard InChI is InChI=1S/C23H25NO3S2/c1-3-22(25)27-20-6-4-17(5-7-20)23(26)16(2)24-11-8-21(18-9-12-28-14-18)19-10-13-29-15-19/h4-10,12-16,23-24,26H,3,11H2,1-2H3. The lowest BCUT2D eigenvalue weighted by molar-refractivity contribution is -0.134. The maximum Gasteiger partial charge on any atom is 0.310 e. The van der Waals surface area contributed by atoms with Crippen LogP contribution < -0.4 is 10.1 Å². The van der Waals surface area contributed by atoms with Gasteiger partial charge in [-0.05, 0) is 75.0 Å². The van der Waals surface area contributed by atoms with E-state index in [0.717, 1.165) is 5.56 Å². The van der Waals surface area contributed by atoms with E-state index in [0.29, 0.717) is 18.7 Å². The first kappa shape index (κ1) is 21.5. The van der Waals surface area contributed by atoms with Crippen LogP contribution in [0, 0.1) is 0 Å². The van der Waals surface area contributed by atoms with E-state index >= 15 is 0 Å². The molecule has 0 fully saturated rings. The maximum absolute atomic E-state index is 11.4. The molecular weight excluding hydrogens is 402 g/mol. The molecule has 4 nitrogen and oxygen atoms in total. The lowest BCUT2D eigenvalue weighted by Gasteiger charge is -2.20. The second-order valence-electron chi connectivity index (χ2n) is 6.68. The smallest absolute Gasteiger partial charge is 0.310 e. The number of aliphatic hydroxyl groups is 1. The molecule has 0 aliphatic carbocycles. The van der Waals surface area contributed by atoms with Crippen molar-refractivity contribution < 1.29 is 14.6 Å². The summed E-state index contributed by atoms with van der Waals surface area (Å²) in [5, 5.41) is 22.5. The number of thiophene rings is 2. The molecular formula is C23H25NO3S2. The van der Waals surface area contributed by atoms with Crippen LogP contribution in [0.2, 0.25) is 0 Å². The summed E-state index contributed by atoms with van der Waals surface area (Å²) in [6.45, 7) is 4.36. The van der Waals surface area contributed by atoms with E-state index < -0.39 is 6.10 Å². The summed E-state index contributed by atoms with van der Waals surface area (Å²) < 4.78 is 5.18. The number of benzene rings is 1. The van der Waals surface area contributed by atoms with Crippen molar-refractivity contribution in [3.05, 3.63) is 80.7 Å². The van der Waals surface area contributed by atoms with Crippen LogP contribution in [0.1, 0.15) is 43.1 Å². The van der Waals surface area contributed by atoms with Crippen LogP contribution in [0.3, 0.4) is 0 Å². The Labute approximate surface area is 179 Å². The highest BCUT2D eigenvalue weighted by atomic mass is 32.1. The molecule has 2 N–H and O–H groups in total. The van der Waals surface area contributed by atoms with Crippen molar-refractivity contribution in [3.8, 4) is 5.75 Å². The summed E-state index contributed by atoms with van der Waals surface area (Å²) in [6, 6.07) is 11.1. The van der Waals surface area contributed by atoms with E-state index in [1.807, 2.05) is 6.92 Å². The first-order valence-corrected chi connectivity index (χ1v) is 11.4. The molecule has 2 aromatic heterocycles. The zero-order valence-electron chi connectivity index (χ0n) is 16.5. The van der Waals surface area contributed by atoms with Gasteiger partial charge in [0.05, 0.1) is 6.10 Å². The minimum atomic E-state index is -0.662. The van der Waals surface area contributed by atoms with E-state index in [1.54, 1.807) is 53.9 Å². The average molecular weight is 428 g/mol. The predicted molar refractivity (Wildman–Crippen MR) is 121 cm³/mol. The number of hydrogen-bond acceptors (Lipinski definition) is 6. The highest BCUT2D eigenvalue weighted by Crippen LogP contribution is 2.27. The quantitative estimate of drug-likeness (QED) is 0.361. The molecule has 0 spiro atoms. The van der Waals surface area contributed by atoms with E-state index in [-0.39, 0.29) is 12.0 Å². The number of nitrogens with one attached hydrogen (secondary N) is 1. The molecule has 1 aromatic carbocycles. The zero-order chi connectivity index (χ0) is 20.6. The van der Waals surface area contributed by atoms with Crippen LogP contribution in [0.15, 0.2) is 64.0 Å². The fraction of sp³-hybridized carbons (Fsp3) is 0.261. The van der Waals surface area contributed by atoms with Crippen molar-refractivity contribution in [2.75, 3.05) is 6.54 Å². The Kier molecular flexibility index (Phi) is 7.77. The van der Waals surface area contributed by atoms with Crippen molar-refractivity contribution in [2.24, 2.45) is 0 Å². The van der Waals surface area contributed by atoms with Crippen LogP contribution in [0.4, 0.5) is 0 Å². The second kappa shape index (κ2) is 10.5. The van der Waals surface area contributed by atoms with E-state index in [4.69, 9.17) is 4.74 Å². The summed E-state index contributed by atoms with van der Waals surface area (Å²) in [4.78, 5) is 11.4. The Morgan fingerprint density at radius 3 is 2.24 bits per heavy atom. The Morgan fingerprint density at radius 2 is 1.72 bits per heavy atom. The summed E-state index contributed by atoms with van der Waals surface area (Å²) in [5.41, 5.74) is 4.39. The van der Waals surface area contributed by atoms with Gasteiger partial charge in [0, 0.05) is 19.0 Å². The van der Waals surface area contributed by atoms with Gasteiger partial charge in [0.2, 0.25) is 0 Å². The van der Waals surface area contributed by atoms with Crippen molar-refractivity contribution in [2.45, 2.75) is 32.4 Å². The van der Waals surface area contributed by atoms with E-state index in [2.05, 4.69) is 45.0 Å². The van der Waals surface area contributed by atoms with Crippen molar-refractivity contribution in [1.29, 1.82) is 0 Å². The molecule has 6 heteroatoms. The Morgan fingerprint density at radius 1 is 1.10 bits per heavy atom. The summed E-state index contributed by atoms with van der Waals surface area (Å²) >= 11 is 3.37. The molecule has 0 bridgehead atoms. The third kappa shape index (κ3) is 5.87. The summed E-state index contributed by atoms with van der Waals surface area (Å²) in [6.07, 6.45) is 1.84. The molecule has 2 atom stereocenters. The number of esters is 1. The lowest BCUT2D eigenvalue weighted by atomic mass is 10.0. The molecule has 29 heavy (non-hydrogen) atoms. The first-order chi connectivity index (χ1) is 14.1. The third-order valence-corrected chi connectivity index (χ3v) is 5.99. The van der Waals surface area contributed by atoms with Gasteiger partial charge in [-0.15, -0.1) is 0 Å². The molecule has 2 heterocycles. The monoisotopic (exact) mass is 427 g/mol. The highest BCUT2D eigenvalue weighted by molar-refractivity contribution is 7.08. The van der Waals surface area contributed by atoms with E-state index in [1.165, 1.54) is 16.7 Å². The van der Waals surface area contributed by atoms with Crippen LogP contribution >= 0.6 is 22.7 Å². The number of rotatable bonds is 9. The van der Waals surface area contributed by atoms with Crippen molar-refractivity contribution >= 4 is 34.2 Å². The van der Waals surface area contributed by atoms with Crippen LogP contribution in [-0.2, 0) is 4.79 Å². The van der Waals surface area contributed by atoms with Crippen molar-refractivity contribution in [1.82, 2.24) is 5.32 Å². The van der Waals surface area contributed by atoms with Gasteiger partial charge >= 0.3 is 5.97 Å². The minimum absolute atomic E-state index is 0.138. The van der Waals surface area contributed by atoms with Gasteiger partial charge in [-0.1, -0.05) is 25.1 Å². The molecule has 3 aromatic rings. The zero-order valence-corrected chi connectivity index (χ0v) is 18.1. The number of carbonyl (C=O) groups excluding carboxylic acids is 1. The fourth-order valence-corrected chi connectivity index (χ4v) is 4.23. The number of aliphatic hydroxyl groups excluding tert-OH is 1. The first-order valence-electron chi connectivity index (χ1n) is 9.56. The largest absolute Gasteiger partial charge is 0.427 e. The highest BCUT2D eigenvalue weighted by Gasteiger charge is 2.16. The third-order valence-electron chi connectivity index (χ3n) is 4.63. The SMILES string of the molecule is CCC(=O)Oc1ccc(C(O)C(C)NCC=C(c2ccsc2)c2ccsc2)cc1. The molecule has 0 aliphatic heterocycles. The maximum atomic E-state index is 11.4. The topological polar surface area (TPSA) is 58.6 Å². The lowest BCUT2D eigenvalue weighted by Crippen LogP contribution is -2.32. The molecule has 0 saturated heterocycles. The van der Waals surface area contributed by atoms with Crippen molar-refractivity contribution in [3.63, 3.8) is 0 Å². The van der Waals surface area contributed by atoms with E-state index in [9.17, 15) is 9.90 Å². The molecule has 0 radical (unpaired) electrons. The number of hydrogen-bond donors (Lipinski definition) is 2. The van der Waals surface area contributed by atoms with Gasteiger partial charge in [-0.2, -0.15) is 22.7 Å². The Hall–Kier alpha value is -2.25.